The molecule has 8 heteroatoms. The average Bonchev–Trinajstić information content (AvgIpc) is 2.82. The summed E-state index contributed by atoms with van der Waals surface area (Å²) >= 11 is 1.17. The molecule has 0 saturated heterocycles. The van der Waals surface area contributed by atoms with Crippen molar-refractivity contribution in [1.82, 2.24) is 14.9 Å². The standard InChI is InChI=1S/C24H20FN3O3S/c1-31-19-6-4-5-18(13-19)28-23(30)20-7-2-3-8-21(20)27-24(28)32-15-22(29)26-14-16-9-11-17(25)12-10-16/h2-13H,14-15H2,1H3,(H,26,29). The summed E-state index contributed by atoms with van der Waals surface area (Å²) in [5.74, 6) is 0.124. The first-order valence-electron chi connectivity index (χ1n) is 9.85. The molecule has 6 nitrogen and oxygen atoms in total. The molecule has 1 N–H and O–H groups in total. The summed E-state index contributed by atoms with van der Waals surface area (Å²) in [5, 5.41) is 3.69. The van der Waals surface area contributed by atoms with Crippen LogP contribution >= 0.6 is 11.8 Å². The third-order valence-electron chi connectivity index (χ3n) is 4.79. The summed E-state index contributed by atoms with van der Waals surface area (Å²) in [6.45, 7) is 0.285. The number of hydrogen-bond donors (Lipinski definition) is 1. The number of halogens is 1. The van der Waals surface area contributed by atoms with Gasteiger partial charge in [-0.25, -0.2) is 9.37 Å². The van der Waals surface area contributed by atoms with Crippen LogP contribution in [0.15, 0.2) is 82.7 Å². The highest BCUT2D eigenvalue weighted by molar-refractivity contribution is 7.99. The van der Waals surface area contributed by atoms with Gasteiger partial charge >= 0.3 is 0 Å². The van der Waals surface area contributed by atoms with Gasteiger partial charge in [0.2, 0.25) is 5.91 Å². The van der Waals surface area contributed by atoms with E-state index in [2.05, 4.69) is 10.3 Å². The van der Waals surface area contributed by atoms with Gasteiger partial charge in [-0.15, -0.1) is 0 Å². The number of thioether (sulfide) groups is 1. The lowest BCUT2D eigenvalue weighted by atomic mass is 10.2. The third kappa shape index (κ3) is 4.81. The molecule has 0 unspecified atom stereocenters. The van der Waals surface area contributed by atoms with Gasteiger partial charge in [-0.3, -0.25) is 14.2 Å². The first-order valence-corrected chi connectivity index (χ1v) is 10.8. The fourth-order valence-corrected chi connectivity index (χ4v) is 4.01. The Balaban J connectivity index is 1.60. The summed E-state index contributed by atoms with van der Waals surface area (Å²) < 4.78 is 19.8. The van der Waals surface area contributed by atoms with Crippen LogP contribution in [0, 0.1) is 5.82 Å². The summed E-state index contributed by atoms with van der Waals surface area (Å²) in [7, 11) is 1.56. The second kappa shape index (κ2) is 9.65. The quantitative estimate of drug-likeness (QED) is 0.342. The summed E-state index contributed by atoms with van der Waals surface area (Å²) in [6, 6.07) is 20.2. The van der Waals surface area contributed by atoms with E-state index in [4.69, 9.17) is 4.74 Å². The van der Waals surface area contributed by atoms with Crippen LogP contribution in [0.3, 0.4) is 0 Å². The van der Waals surface area contributed by atoms with Gasteiger partial charge in [0.1, 0.15) is 11.6 Å². The van der Waals surface area contributed by atoms with Crippen LogP contribution in [0.2, 0.25) is 0 Å². The van der Waals surface area contributed by atoms with Gasteiger partial charge in [0.05, 0.1) is 29.5 Å². The molecule has 4 aromatic rings. The zero-order valence-electron chi connectivity index (χ0n) is 17.2. The smallest absolute Gasteiger partial charge is 0.266 e. The Morgan fingerprint density at radius 3 is 2.66 bits per heavy atom. The van der Waals surface area contributed by atoms with Crippen molar-refractivity contribution in [2.24, 2.45) is 0 Å². The largest absolute Gasteiger partial charge is 0.497 e. The van der Waals surface area contributed by atoms with Gasteiger partial charge in [0.15, 0.2) is 5.16 Å². The second-order valence-electron chi connectivity index (χ2n) is 6.95. The molecule has 0 fully saturated rings. The third-order valence-corrected chi connectivity index (χ3v) is 5.73. The molecular formula is C24H20FN3O3S. The maximum atomic E-state index is 13.3. The Kier molecular flexibility index (Phi) is 6.51. The molecule has 0 aliphatic rings. The predicted molar refractivity (Wildman–Crippen MR) is 123 cm³/mol. The zero-order valence-corrected chi connectivity index (χ0v) is 18.1. The molecule has 0 aliphatic heterocycles. The Morgan fingerprint density at radius 2 is 1.88 bits per heavy atom. The maximum Gasteiger partial charge on any atom is 0.266 e. The van der Waals surface area contributed by atoms with E-state index < -0.39 is 0 Å². The highest BCUT2D eigenvalue weighted by Crippen LogP contribution is 2.23. The maximum absolute atomic E-state index is 13.3. The van der Waals surface area contributed by atoms with E-state index in [-0.39, 0.29) is 29.6 Å². The van der Waals surface area contributed by atoms with Gasteiger partial charge < -0.3 is 10.1 Å². The Bertz CT molecular complexity index is 1320. The van der Waals surface area contributed by atoms with Gasteiger partial charge in [0, 0.05) is 12.6 Å². The van der Waals surface area contributed by atoms with Crippen LogP contribution < -0.4 is 15.6 Å². The number of rotatable bonds is 7. The SMILES string of the molecule is COc1cccc(-n2c(SCC(=O)NCc3ccc(F)cc3)nc3ccccc3c2=O)c1. The minimum atomic E-state index is -0.325. The molecule has 1 aromatic heterocycles. The predicted octanol–water partition coefficient (Wildman–Crippen LogP) is 3.94. The van der Waals surface area contributed by atoms with Gasteiger partial charge in [-0.2, -0.15) is 0 Å². The topological polar surface area (TPSA) is 73.2 Å². The van der Waals surface area contributed by atoms with Crippen LogP contribution in [0.25, 0.3) is 16.6 Å². The van der Waals surface area contributed by atoms with E-state index in [0.717, 1.165) is 5.56 Å². The van der Waals surface area contributed by atoms with E-state index in [1.165, 1.54) is 28.5 Å². The molecule has 1 amide bonds. The van der Waals surface area contributed by atoms with Crippen LogP contribution in [-0.2, 0) is 11.3 Å². The van der Waals surface area contributed by atoms with Crippen molar-refractivity contribution < 1.29 is 13.9 Å². The number of carbonyl (C=O) groups is 1. The van der Waals surface area contributed by atoms with Crippen molar-refractivity contribution >= 4 is 28.6 Å². The van der Waals surface area contributed by atoms with E-state index in [0.29, 0.717) is 27.5 Å². The molecule has 0 spiro atoms. The number of para-hydroxylation sites is 1. The number of fused-ring (bicyclic) bond motifs is 1. The first-order chi connectivity index (χ1) is 15.5. The number of ether oxygens (including phenoxy) is 1. The van der Waals surface area contributed by atoms with Crippen LogP contribution in [0.1, 0.15) is 5.56 Å². The van der Waals surface area contributed by atoms with Gasteiger partial charge in [-0.1, -0.05) is 42.1 Å². The normalized spacial score (nSPS) is 10.8. The average molecular weight is 450 g/mol. The molecule has 0 radical (unpaired) electrons. The van der Waals surface area contributed by atoms with Crippen molar-refractivity contribution in [3.05, 3.63) is 94.5 Å². The van der Waals surface area contributed by atoms with Crippen molar-refractivity contribution in [1.29, 1.82) is 0 Å². The number of benzene rings is 3. The lowest BCUT2D eigenvalue weighted by molar-refractivity contribution is -0.118. The lowest BCUT2D eigenvalue weighted by Gasteiger charge is -2.14. The van der Waals surface area contributed by atoms with Crippen molar-refractivity contribution in [3.8, 4) is 11.4 Å². The number of nitrogens with zero attached hydrogens (tertiary/aromatic N) is 2. The molecule has 32 heavy (non-hydrogen) atoms. The number of methoxy groups -OCH3 is 1. The fraction of sp³-hybridized carbons (Fsp3) is 0.125. The van der Waals surface area contributed by atoms with E-state index in [1.807, 2.05) is 6.07 Å². The van der Waals surface area contributed by atoms with E-state index in [9.17, 15) is 14.0 Å². The highest BCUT2D eigenvalue weighted by Gasteiger charge is 2.15. The Labute approximate surface area is 188 Å². The lowest BCUT2D eigenvalue weighted by Crippen LogP contribution is -2.26. The Morgan fingerprint density at radius 1 is 1.09 bits per heavy atom. The Hall–Kier alpha value is -3.65. The van der Waals surface area contributed by atoms with Gasteiger partial charge in [0.25, 0.3) is 5.56 Å². The zero-order chi connectivity index (χ0) is 22.5. The molecule has 3 aromatic carbocycles. The molecule has 1 heterocycles. The number of hydrogen-bond acceptors (Lipinski definition) is 5. The number of aromatic nitrogens is 2. The van der Waals surface area contributed by atoms with E-state index >= 15 is 0 Å². The number of carbonyl (C=O) groups excluding carboxylic acids is 1. The van der Waals surface area contributed by atoms with Crippen LogP contribution in [-0.4, -0.2) is 28.3 Å². The molecular weight excluding hydrogens is 429 g/mol. The molecule has 4 rings (SSSR count). The highest BCUT2D eigenvalue weighted by atomic mass is 32.2. The summed E-state index contributed by atoms with van der Waals surface area (Å²) in [5.41, 5.74) is 1.73. The minimum Gasteiger partial charge on any atom is -0.497 e. The van der Waals surface area contributed by atoms with Crippen LogP contribution in [0.5, 0.6) is 5.75 Å². The number of amides is 1. The molecule has 0 aliphatic carbocycles. The summed E-state index contributed by atoms with van der Waals surface area (Å²) in [4.78, 5) is 30.3. The van der Waals surface area contributed by atoms with Crippen molar-refractivity contribution in [2.45, 2.75) is 11.7 Å². The van der Waals surface area contributed by atoms with E-state index in [1.54, 1.807) is 61.7 Å². The molecule has 0 saturated carbocycles. The number of nitrogens with one attached hydrogen (secondary N) is 1. The van der Waals surface area contributed by atoms with Crippen molar-refractivity contribution in [2.75, 3.05) is 12.9 Å². The second-order valence-corrected chi connectivity index (χ2v) is 7.89. The molecule has 0 atom stereocenters. The monoisotopic (exact) mass is 449 g/mol. The van der Waals surface area contributed by atoms with Gasteiger partial charge in [-0.05, 0) is 42.0 Å². The van der Waals surface area contributed by atoms with Crippen molar-refractivity contribution in [3.63, 3.8) is 0 Å². The summed E-state index contributed by atoms with van der Waals surface area (Å²) in [6.07, 6.45) is 0. The molecule has 162 valence electrons. The first kappa shape index (κ1) is 21.6. The fourth-order valence-electron chi connectivity index (χ4n) is 3.17. The minimum absolute atomic E-state index is 0.0654. The molecule has 0 bridgehead atoms. The van der Waals surface area contributed by atoms with Crippen LogP contribution in [0.4, 0.5) is 4.39 Å².